The molecule has 1 saturated heterocycles. The highest BCUT2D eigenvalue weighted by Gasteiger charge is 2.16. The molecule has 3 amide bonds. The van der Waals surface area contributed by atoms with E-state index in [4.69, 9.17) is 9.47 Å². The molecule has 1 aliphatic heterocycles. The van der Waals surface area contributed by atoms with Gasteiger partial charge in [-0.3, -0.25) is 10.2 Å². The Hall–Kier alpha value is -3.53. The topological polar surface area (TPSA) is 108 Å². The van der Waals surface area contributed by atoms with Gasteiger partial charge < -0.3 is 24.6 Å². The molecule has 3 N–H and O–H groups in total. The van der Waals surface area contributed by atoms with Crippen molar-refractivity contribution in [2.75, 3.05) is 45.2 Å². The summed E-state index contributed by atoms with van der Waals surface area (Å²) in [5.74, 6) is 1.41. The third-order valence-corrected chi connectivity index (χ3v) is 5.17. The van der Waals surface area contributed by atoms with Gasteiger partial charge in [-0.2, -0.15) is 0 Å². The zero-order valence-electron chi connectivity index (χ0n) is 19.6. The van der Waals surface area contributed by atoms with Crippen molar-refractivity contribution in [3.63, 3.8) is 0 Å². The van der Waals surface area contributed by atoms with Crippen LogP contribution in [0.4, 0.5) is 10.6 Å². The fraction of sp³-hybridized carbons (Fsp3) is 0.435. The molecule has 178 valence electrons. The van der Waals surface area contributed by atoms with Crippen molar-refractivity contribution in [2.24, 2.45) is 0 Å². The second-order valence-corrected chi connectivity index (χ2v) is 8.11. The number of nitrogens with zero attached hydrogens (tertiary/aromatic N) is 3. The van der Waals surface area contributed by atoms with Gasteiger partial charge in [-0.1, -0.05) is 0 Å². The summed E-state index contributed by atoms with van der Waals surface area (Å²) in [5, 5.41) is 2.73. The molecule has 1 aromatic heterocycles. The van der Waals surface area contributed by atoms with Gasteiger partial charge in [0.15, 0.2) is 11.5 Å². The molecule has 0 saturated carbocycles. The van der Waals surface area contributed by atoms with E-state index in [1.54, 1.807) is 24.4 Å². The van der Waals surface area contributed by atoms with E-state index >= 15 is 0 Å². The second kappa shape index (κ2) is 11.4. The van der Waals surface area contributed by atoms with Crippen LogP contribution in [0.15, 0.2) is 36.5 Å². The van der Waals surface area contributed by atoms with Crippen molar-refractivity contribution >= 4 is 17.8 Å². The first kappa shape index (κ1) is 24.1. The van der Waals surface area contributed by atoms with Gasteiger partial charge in [0.05, 0.1) is 13.2 Å². The van der Waals surface area contributed by atoms with Crippen molar-refractivity contribution in [3.05, 3.63) is 47.7 Å². The number of piperazine rings is 1. The Balaban J connectivity index is 1.49. The monoisotopic (exact) mass is 456 g/mol. The lowest BCUT2D eigenvalue weighted by atomic mass is 10.2. The minimum absolute atomic E-state index is 0.0260. The second-order valence-electron chi connectivity index (χ2n) is 8.11. The van der Waals surface area contributed by atoms with E-state index < -0.39 is 11.9 Å². The number of ether oxygens (including phenoxy) is 2. The number of hydrazine groups is 1. The summed E-state index contributed by atoms with van der Waals surface area (Å²) >= 11 is 0. The van der Waals surface area contributed by atoms with Crippen LogP contribution in [0, 0.1) is 0 Å². The van der Waals surface area contributed by atoms with E-state index in [9.17, 15) is 9.59 Å². The number of hydrogen-bond donors (Lipinski definition) is 3. The summed E-state index contributed by atoms with van der Waals surface area (Å²) in [6, 6.07) is 8.13. The Kier molecular flexibility index (Phi) is 8.31. The van der Waals surface area contributed by atoms with Crippen LogP contribution in [0.1, 0.15) is 29.8 Å². The smallest absolute Gasteiger partial charge is 0.333 e. The maximum atomic E-state index is 12.4. The van der Waals surface area contributed by atoms with E-state index in [1.165, 1.54) is 7.11 Å². The number of carbonyl (C=O) groups excluding carboxylic acids is 2. The SMILES string of the molecule is COc1cc(C(=O)NNC(=O)NCc2ccnc(N3CCN(C)CC3)c2)ccc1OC(C)C. The molecule has 0 spiro atoms. The molecular weight excluding hydrogens is 424 g/mol. The number of anilines is 1. The molecule has 1 aromatic carbocycles. The van der Waals surface area contributed by atoms with Crippen LogP contribution in [0.3, 0.4) is 0 Å². The number of rotatable bonds is 7. The molecule has 0 radical (unpaired) electrons. The quantitative estimate of drug-likeness (QED) is 0.545. The van der Waals surface area contributed by atoms with Crippen LogP contribution >= 0.6 is 0 Å². The number of benzene rings is 1. The summed E-state index contributed by atoms with van der Waals surface area (Å²) < 4.78 is 10.9. The highest BCUT2D eigenvalue weighted by atomic mass is 16.5. The third-order valence-electron chi connectivity index (χ3n) is 5.17. The molecule has 3 rings (SSSR count). The van der Waals surface area contributed by atoms with Crippen LogP contribution in [0.2, 0.25) is 0 Å². The minimum Gasteiger partial charge on any atom is -0.493 e. The van der Waals surface area contributed by atoms with Crippen molar-refractivity contribution in [1.82, 2.24) is 26.1 Å². The Morgan fingerprint density at radius 3 is 2.52 bits per heavy atom. The van der Waals surface area contributed by atoms with Crippen molar-refractivity contribution in [3.8, 4) is 11.5 Å². The van der Waals surface area contributed by atoms with E-state index in [0.717, 1.165) is 37.6 Å². The molecule has 2 aromatic rings. The average Bonchev–Trinajstić information content (AvgIpc) is 2.81. The van der Waals surface area contributed by atoms with Gasteiger partial charge in [-0.15, -0.1) is 0 Å². The number of aromatic nitrogens is 1. The summed E-state index contributed by atoms with van der Waals surface area (Å²) in [5.41, 5.74) is 6.01. The van der Waals surface area contributed by atoms with Gasteiger partial charge in [-0.05, 0) is 56.8 Å². The molecule has 0 bridgehead atoms. The lowest BCUT2D eigenvalue weighted by Gasteiger charge is -2.33. The summed E-state index contributed by atoms with van der Waals surface area (Å²) in [6.07, 6.45) is 1.71. The van der Waals surface area contributed by atoms with Crippen molar-refractivity contribution in [2.45, 2.75) is 26.5 Å². The van der Waals surface area contributed by atoms with Gasteiger partial charge in [-0.25, -0.2) is 15.2 Å². The maximum Gasteiger partial charge on any atom is 0.333 e. The van der Waals surface area contributed by atoms with Crippen LogP contribution in [-0.4, -0.2) is 68.3 Å². The first-order valence-corrected chi connectivity index (χ1v) is 10.9. The van der Waals surface area contributed by atoms with Gasteiger partial charge >= 0.3 is 6.03 Å². The number of methoxy groups -OCH3 is 1. The summed E-state index contributed by atoms with van der Waals surface area (Å²) in [6.45, 7) is 7.94. The summed E-state index contributed by atoms with van der Waals surface area (Å²) in [7, 11) is 3.61. The number of nitrogens with one attached hydrogen (secondary N) is 3. The number of urea groups is 1. The molecule has 10 nitrogen and oxygen atoms in total. The molecule has 0 atom stereocenters. The molecule has 1 aliphatic rings. The van der Waals surface area contributed by atoms with Crippen LogP contribution in [-0.2, 0) is 6.54 Å². The fourth-order valence-corrected chi connectivity index (χ4v) is 3.35. The Morgan fingerprint density at radius 2 is 1.82 bits per heavy atom. The van der Waals surface area contributed by atoms with Crippen LogP contribution in [0.25, 0.3) is 0 Å². The van der Waals surface area contributed by atoms with Crippen molar-refractivity contribution < 1.29 is 19.1 Å². The third kappa shape index (κ3) is 6.98. The highest BCUT2D eigenvalue weighted by molar-refractivity contribution is 5.95. The van der Waals surface area contributed by atoms with Gasteiger partial charge in [0, 0.05) is 44.5 Å². The molecular formula is C23H32N6O4. The minimum atomic E-state index is -0.520. The molecule has 33 heavy (non-hydrogen) atoms. The first-order chi connectivity index (χ1) is 15.9. The summed E-state index contributed by atoms with van der Waals surface area (Å²) in [4.78, 5) is 33.5. The van der Waals surface area contributed by atoms with Gasteiger partial charge in [0.1, 0.15) is 5.82 Å². The standard InChI is InChI=1S/C23H32N6O4/c1-16(2)33-19-6-5-18(14-20(19)32-4)22(30)26-27-23(31)25-15-17-7-8-24-21(13-17)29-11-9-28(3)10-12-29/h5-8,13-14,16H,9-12,15H2,1-4H3,(H,26,30)(H2,25,27,31). The first-order valence-electron chi connectivity index (χ1n) is 10.9. The maximum absolute atomic E-state index is 12.4. The highest BCUT2D eigenvalue weighted by Crippen LogP contribution is 2.28. The molecule has 2 heterocycles. The Morgan fingerprint density at radius 1 is 1.06 bits per heavy atom. The van der Waals surface area contributed by atoms with Crippen LogP contribution < -0.4 is 30.5 Å². The largest absolute Gasteiger partial charge is 0.493 e. The Labute approximate surface area is 194 Å². The van der Waals surface area contributed by atoms with E-state index in [1.807, 2.05) is 26.0 Å². The molecule has 1 fully saturated rings. The van der Waals surface area contributed by atoms with E-state index in [0.29, 0.717) is 23.6 Å². The van der Waals surface area contributed by atoms with Crippen molar-refractivity contribution in [1.29, 1.82) is 0 Å². The molecule has 10 heteroatoms. The lowest BCUT2D eigenvalue weighted by Crippen LogP contribution is -2.46. The van der Waals surface area contributed by atoms with Crippen LogP contribution in [0.5, 0.6) is 11.5 Å². The number of likely N-dealkylation sites (N-methyl/N-ethyl adjacent to an activating group) is 1. The van der Waals surface area contributed by atoms with Gasteiger partial charge in [0.25, 0.3) is 5.91 Å². The number of pyridine rings is 1. The zero-order valence-corrected chi connectivity index (χ0v) is 19.6. The number of amides is 3. The molecule has 0 aliphatic carbocycles. The lowest BCUT2D eigenvalue weighted by molar-refractivity contribution is 0.0935. The van der Waals surface area contributed by atoms with Gasteiger partial charge in [0.2, 0.25) is 0 Å². The van der Waals surface area contributed by atoms with E-state index in [-0.39, 0.29) is 6.10 Å². The predicted molar refractivity (Wildman–Crippen MR) is 126 cm³/mol. The van der Waals surface area contributed by atoms with E-state index in [2.05, 4.69) is 38.0 Å². The number of carbonyl (C=O) groups is 2. The number of hydrogen-bond acceptors (Lipinski definition) is 7. The zero-order chi connectivity index (χ0) is 23.8. The fourth-order valence-electron chi connectivity index (χ4n) is 3.35. The molecule has 0 unspecified atom stereocenters. The Bertz CT molecular complexity index is 960. The predicted octanol–water partition coefficient (Wildman–Crippen LogP) is 1.77. The average molecular weight is 457 g/mol. The normalized spacial score (nSPS) is 14.0.